The van der Waals surface area contributed by atoms with E-state index in [1.807, 2.05) is 37.4 Å². The topological polar surface area (TPSA) is 98.3 Å². The highest BCUT2D eigenvalue weighted by Crippen LogP contribution is 2.33. The smallest absolute Gasteiger partial charge is 0.248 e. The Morgan fingerprint density at radius 1 is 1.09 bits per heavy atom. The molecule has 4 rings (SSSR count). The van der Waals surface area contributed by atoms with E-state index in [1.54, 1.807) is 43.6 Å². The Morgan fingerprint density at radius 3 is 2.72 bits per heavy atom. The minimum Gasteiger partial charge on any atom is -0.481 e. The summed E-state index contributed by atoms with van der Waals surface area (Å²) in [6.07, 6.45) is 3.18. The molecule has 0 radical (unpaired) electrons. The molecule has 8 nitrogen and oxygen atoms in total. The predicted molar refractivity (Wildman–Crippen MR) is 126 cm³/mol. The zero-order chi connectivity index (χ0) is 22.5. The predicted octanol–water partition coefficient (Wildman–Crippen LogP) is 5.54. The van der Waals surface area contributed by atoms with E-state index in [-0.39, 0.29) is 5.91 Å². The average molecular weight is 448 g/mol. The van der Waals surface area contributed by atoms with Crippen molar-refractivity contribution in [1.29, 1.82) is 0 Å². The first-order chi connectivity index (χ1) is 15.5. The highest BCUT2D eigenvalue weighted by molar-refractivity contribution is 7.17. The molecule has 0 bridgehead atoms. The molecule has 32 heavy (non-hydrogen) atoms. The number of amides is 1. The quantitative estimate of drug-likeness (QED) is 0.359. The third-order valence-corrected chi connectivity index (χ3v) is 5.10. The molecule has 3 heterocycles. The van der Waals surface area contributed by atoms with Crippen LogP contribution in [0.1, 0.15) is 13.8 Å². The van der Waals surface area contributed by atoms with Crippen LogP contribution in [0.15, 0.2) is 65.7 Å². The van der Waals surface area contributed by atoms with E-state index < -0.39 is 0 Å². The number of ether oxygens (including phenoxy) is 2. The highest BCUT2D eigenvalue weighted by atomic mass is 32.1. The maximum Gasteiger partial charge on any atom is 0.248 e. The van der Waals surface area contributed by atoms with Crippen LogP contribution >= 0.6 is 11.3 Å². The van der Waals surface area contributed by atoms with Crippen molar-refractivity contribution in [2.45, 2.75) is 13.8 Å². The zero-order valence-electron chi connectivity index (χ0n) is 17.7. The molecule has 1 aromatic carbocycles. The van der Waals surface area contributed by atoms with Crippen LogP contribution in [0, 0.1) is 0 Å². The van der Waals surface area contributed by atoms with Gasteiger partial charge in [0.05, 0.1) is 24.5 Å². The molecule has 0 saturated carbocycles. The molecular weight excluding hydrogens is 426 g/mol. The number of hydrogen-bond acceptors (Lipinski definition) is 8. The molecule has 0 spiro atoms. The molecule has 2 N–H and O–H groups in total. The average Bonchev–Trinajstić information content (AvgIpc) is 3.23. The number of carbonyl (C=O) groups is 1. The first-order valence-electron chi connectivity index (χ1n) is 9.76. The van der Waals surface area contributed by atoms with Crippen LogP contribution in [0.3, 0.4) is 0 Å². The van der Waals surface area contributed by atoms with Crippen molar-refractivity contribution in [2.75, 3.05) is 17.7 Å². The third-order valence-electron chi connectivity index (χ3n) is 4.21. The van der Waals surface area contributed by atoms with Crippen molar-refractivity contribution >= 4 is 44.8 Å². The molecular formula is C23H21N5O3S. The molecule has 0 fully saturated rings. The van der Waals surface area contributed by atoms with Gasteiger partial charge in [-0.15, -0.1) is 11.3 Å². The molecule has 3 aromatic heterocycles. The molecule has 0 aliphatic heterocycles. The number of nitrogens with one attached hydrogen (secondary N) is 2. The lowest BCUT2D eigenvalue weighted by Gasteiger charge is -2.10. The van der Waals surface area contributed by atoms with Gasteiger partial charge in [0, 0.05) is 23.9 Å². The largest absolute Gasteiger partial charge is 0.481 e. The maximum absolute atomic E-state index is 12.0. The standard InChI is InChI=1S/C23H21N5O3S/c1-14(2)11-19(29)25-15-5-4-6-17(12-15)31-22-21-18(9-10-32-21)27-23(28-22)26-16-7-8-20(30-3)24-13-16/h4-13H,1-3H3,(H,25,29)(H,26,27,28). The van der Waals surface area contributed by atoms with Crippen LogP contribution in [0.5, 0.6) is 17.5 Å². The summed E-state index contributed by atoms with van der Waals surface area (Å²) in [5.41, 5.74) is 3.03. The van der Waals surface area contributed by atoms with Gasteiger partial charge in [-0.3, -0.25) is 4.79 Å². The van der Waals surface area contributed by atoms with Crippen LogP contribution in [-0.2, 0) is 4.79 Å². The van der Waals surface area contributed by atoms with Crippen LogP contribution in [0.25, 0.3) is 10.2 Å². The minimum absolute atomic E-state index is 0.190. The van der Waals surface area contributed by atoms with E-state index >= 15 is 0 Å². The fourth-order valence-electron chi connectivity index (χ4n) is 2.86. The second-order valence-electron chi connectivity index (χ2n) is 7.04. The van der Waals surface area contributed by atoms with E-state index in [4.69, 9.17) is 9.47 Å². The second-order valence-corrected chi connectivity index (χ2v) is 7.96. The number of allylic oxidation sites excluding steroid dienone is 1. The Labute approximate surface area is 189 Å². The van der Waals surface area contributed by atoms with Crippen LogP contribution in [-0.4, -0.2) is 28.0 Å². The number of nitrogens with zero attached hydrogens (tertiary/aromatic N) is 3. The number of hydrogen-bond donors (Lipinski definition) is 2. The molecule has 4 aromatic rings. The molecule has 9 heteroatoms. The van der Waals surface area contributed by atoms with Crippen molar-refractivity contribution in [3.8, 4) is 17.5 Å². The van der Waals surface area contributed by atoms with Crippen LogP contribution in [0.4, 0.5) is 17.3 Å². The lowest BCUT2D eigenvalue weighted by atomic mass is 10.2. The monoisotopic (exact) mass is 447 g/mol. The van der Waals surface area contributed by atoms with Gasteiger partial charge in [-0.05, 0) is 43.5 Å². The number of anilines is 3. The maximum atomic E-state index is 12.0. The Morgan fingerprint density at radius 2 is 1.97 bits per heavy atom. The fourth-order valence-corrected chi connectivity index (χ4v) is 3.61. The number of aromatic nitrogens is 3. The van der Waals surface area contributed by atoms with Gasteiger partial charge in [-0.1, -0.05) is 11.6 Å². The summed E-state index contributed by atoms with van der Waals surface area (Å²) in [6, 6.07) is 12.6. The fraction of sp³-hybridized carbons (Fsp3) is 0.130. The van der Waals surface area contributed by atoms with E-state index in [9.17, 15) is 4.79 Å². The van der Waals surface area contributed by atoms with Gasteiger partial charge >= 0.3 is 0 Å². The number of fused-ring (bicyclic) bond motifs is 1. The van der Waals surface area contributed by atoms with Crippen molar-refractivity contribution < 1.29 is 14.3 Å². The van der Waals surface area contributed by atoms with Crippen molar-refractivity contribution in [3.05, 3.63) is 65.7 Å². The Kier molecular flexibility index (Phi) is 6.27. The van der Waals surface area contributed by atoms with Gasteiger partial charge in [0.15, 0.2) is 0 Å². The van der Waals surface area contributed by atoms with Gasteiger partial charge in [0.25, 0.3) is 0 Å². The Hall–Kier alpha value is -3.98. The Balaban J connectivity index is 1.59. The summed E-state index contributed by atoms with van der Waals surface area (Å²) < 4.78 is 12.0. The number of rotatable bonds is 7. The van der Waals surface area contributed by atoms with Gasteiger partial charge in [-0.25, -0.2) is 9.97 Å². The van der Waals surface area contributed by atoms with E-state index in [0.29, 0.717) is 29.1 Å². The second kappa shape index (κ2) is 9.44. The van der Waals surface area contributed by atoms with E-state index in [2.05, 4.69) is 25.6 Å². The third kappa shape index (κ3) is 5.19. The number of carbonyl (C=O) groups excluding carboxylic acids is 1. The van der Waals surface area contributed by atoms with Gasteiger partial charge < -0.3 is 20.1 Å². The lowest BCUT2D eigenvalue weighted by Crippen LogP contribution is -2.08. The first-order valence-corrected chi connectivity index (χ1v) is 10.6. The molecule has 0 atom stereocenters. The lowest BCUT2D eigenvalue weighted by molar-refractivity contribution is -0.111. The summed E-state index contributed by atoms with van der Waals surface area (Å²) in [4.78, 5) is 25.3. The molecule has 162 valence electrons. The van der Waals surface area contributed by atoms with Gasteiger partial charge in [0.1, 0.15) is 10.4 Å². The minimum atomic E-state index is -0.190. The van der Waals surface area contributed by atoms with Crippen LogP contribution in [0.2, 0.25) is 0 Å². The number of benzene rings is 1. The molecule has 0 aliphatic carbocycles. The Bertz CT molecular complexity index is 1280. The number of pyridine rings is 1. The molecule has 0 unspecified atom stereocenters. The van der Waals surface area contributed by atoms with Crippen molar-refractivity contribution in [3.63, 3.8) is 0 Å². The summed E-state index contributed by atoms with van der Waals surface area (Å²) in [7, 11) is 1.56. The summed E-state index contributed by atoms with van der Waals surface area (Å²) >= 11 is 1.49. The normalized spacial score (nSPS) is 10.5. The van der Waals surface area contributed by atoms with Crippen molar-refractivity contribution in [1.82, 2.24) is 15.0 Å². The summed E-state index contributed by atoms with van der Waals surface area (Å²) in [5, 5.41) is 7.90. The zero-order valence-corrected chi connectivity index (χ0v) is 18.6. The molecule has 1 amide bonds. The van der Waals surface area contributed by atoms with Gasteiger partial charge in [0.2, 0.25) is 23.6 Å². The van der Waals surface area contributed by atoms with Gasteiger partial charge in [-0.2, -0.15) is 4.98 Å². The summed E-state index contributed by atoms with van der Waals surface area (Å²) in [5.74, 6) is 1.67. The number of thiophene rings is 1. The highest BCUT2D eigenvalue weighted by Gasteiger charge is 2.12. The van der Waals surface area contributed by atoms with E-state index in [1.165, 1.54) is 11.3 Å². The molecule has 0 aliphatic rings. The first kappa shape index (κ1) is 21.3. The van der Waals surface area contributed by atoms with Crippen LogP contribution < -0.4 is 20.1 Å². The SMILES string of the molecule is COc1ccc(Nc2nc(Oc3cccc(NC(=O)C=C(C)C)c3)c3sccc3n2)cn1. The number of methoxy groups -OCH3 is 1. The molecule has 0 saturated heterocycles. The summed E-state index contributed by atoms with van der Waals surface area (Å²) in [6.45, 7) is 3.74. The van der Waals surface area contributed by atoms with E-state index in [0.717, 1.165) is 21.5 Å². The van der Waals surface area contributed by atoms with Crippen molar-refractivity contribution in [2.24, 2.45) is 0 Å².